The van der Waals surface area contributed by atoms with Gasteiger partial charge in [-0.3, -0.25) is 0 Å². The fourth-order valence-electron chi connectivity index (χ4n) is 2.63. The summed E-state index contributed by atoms with van der Waals surface area (Å²) >= 11 is 0. The Balaban J connectivity index is 2.06. The summed E-state index contributed by atoms with van der Waals surface area (Å²) < 4.78 is 6.12. The molecule has 0 saturated carbocycles. The number of ether oxygens (including phenoxy) is 1. The minimum absolute atomic E-state index is 0.131. The third-order valence-electron chi connectivity index (χ3n) is 3.82. The van der Waals surface area contributed by atoms with Gasteiger partial charge in [-0.2, -0.15) is 0 Å². The fourth-order valence-corrected chi connectivity index (χ4v) is 2.63. The third-order valence-corrected chi connectivity index (χ3v) is 3.82. The number of aryl methyl sites for hydroxylation is 1. The number of hydrogen-bond donors (Lipinski definition) is 1. The molecule has 0 amide bonds. The summed E-state index contributed by atoms with van der Waals surface area (Å²) in [5.41, 5.74) is 2.75. The van der Waals surface area contributed by atoms with Gasteiger partial charge in [0.05, 0.1) is 6.61 Å². The second-order valence-corrected chi connectivity index (χ2v) is 6.77. The highest BCUT2D eigenvalue weighted by Crippen LogP contribution is 2.32. The zero-order valence-electron chi connectivity index (χ0n) is 12.8. The molecule has 2 nitrogen and oxygen atoms in total. The maximum atomic E-state index is 6.12. The Labute approximate surface area is 117 Å². The molecule has 2 rings (SSSR count). The number of hydrogen-bond acceptors (Lipinski definition) is 2. The Kier molecular flexibility index (Phi) is 4.51. The van der Waals surface area contributed by atoms with E-state index in [1.165, 1.54) is 24.0 Å². The predicted molar refractivity (Wildman–Crippen MR) is 81.0 cm³/mol. The average molecular weight is 261 g/mol. The van der Waals surface area contributed by atoms with E-state index in [-0.39, 0.29) is 5.41 Å². The summed E-state index contributed by atoms with van der Waals surface area (Å²) in [5, 5.41) is 3.45. The molecule has 1 saturated heterocycles. The summed E-state index contributed by atoms with van der Waals surface area (Å²) in [6.07, 6.45) is 2.55. The van der Waals surface area contributed by atoms with Gasteiger partial charge < -0.3 is 10.1 Å². The van der Waals surface area contributed by atoms with E-state index in [9.17, 15) is 0 Å². The molecule has 0 spiro atoms. The lowest BCUT2D eigenvalue weighted by Gasteiger charge is -2.26. The number of benzene rings is 1. The standard InChI is InChI=1S/C17H27NO/c1-13-7-8-16(15(10-13)17(2,3)4)19-12-14-6-5-9-18-11-14/h7-8,10,14,18H,5-6,9,11-12H2,1-4H3/t14-/m1/s1. The van der Waals surface area contributed by atoms with E-state index >= 15 is 0 Å². The van der Waals surface area contributed by atoms with E-state index in [4.69, 9.17) is 4.74 Å². The van der Waals surface area contributed by atoms with Crippen LogP contribution in [0.4, 0.5) is 0 Å². The van der Waals surface area contributed by atoms with Crippen LogP contribution in [0.5, 0.6) is 5.75 Å². The summed E-state index contributed by atoms with van der Waals surface area (Å²) in [7, 11) is 0. The molecule has 1 atom stereocenters. The van der Waals surface area contributed by atoms with Crippen molar-refractivity contribution >= 4 is 0 Å². The number of piperidine rings is 1. The quantitative estimate of drug-likeness (QED) is 0.896. The molecule has 0 radical (unpaired) electrons. The van der Waals surface area contributed by atoms with Crippen molar-refractivity contribution in [3.63, 3.8) is 0 Å². The SMILES string of the molecule is Cc1ccc(OC[C@@H]2CCCNC2)c(C(C)(C)C)c1. The smallest absolute Gasteiger partial charge is 0.123 e. The lowest BCUT2D eigenvalue weighted by atomic mass is 9.85. The Morgan fingerprint density at radius 3 is 2.74 bits per heavy atom. The molecule has 1 aromatic rings. The Morgan fingerprint density at radius 1 is 1.32 bits per heavy atom. The first kappa shape index (κ1) is 14.4. The Hall–Kier alpha value is -1.02. The van der Waals surface area contributed by atoms with Crippen LogP contribution in [0.3, 0.4) is 0 Å². The van der Waals surface area contributed by atoms with Crippen molar-refractivity contribution in [2.24, 2.45) is 5.92 Å². The van der Waals surface area contributed by atoms with Gasteiger partial charge in [0, 0.05) is 12.5 Å². The van der Waals surface area contributed by atoms with Gasteiger partial charge in [0.2, 0.25) is 0 Å². The Morgan fingerprint density at radius 2 is 2.11 bits per heavy atom. The molecule has 0 aromatic heterocycles. The number of nitrogens with one attached hydrogen (secondary N) is 1. The zero-order chi connectivity index (χ0) is 13.9. The molecule has 2 heteroatoms. The van der Waals surface area contributed by atoms with E-state index in [0.29, 0.717) is 5.92 Å². The molecule has 1 heterocycles. The first-order chi connectivity index (χ1) is 8.97. The van der Waals surface area contributed by atoms with Crippen LogP contribution in [-0.2, 0) is 5.41 Å². The lowest BCUT2D eigenvalue weighted by molar-refractivity contribution is 0.215. The number of rotatable bonds is 3. The van der Waals surface area contributed by atoms with Crippen molar-refractivity contribution in [3.8, 4) is 5.75 Å². The maximum Gasteiger partial charge on any atom is 0.123 e. The first-order valence-electron chi connectivity index (χ1n) is 7.41. The predicted octanol–water partition coefficient (Wildman–Crippen LogP) is 3.67. The van der Waals surface area contributed by atoms with Crippen molar-refractivity contribution < 1.29 is 4.74 Å². The molecule has 0 aliphatic carbocycles. The van der Waals surface area contributed by atoms with Crippen LogP contribution in [-0.4, -0.2) is 19.7 Å². The van der Waals surface area contributed by atoms with E-state index in [2.05, 4.69) is 51.2 Å². The van der Waals surface area contributed by atoms with Crippen LogP contribution >= 0.6 is 0 Å². The average Bonchev–Trinajstić information content (AvgIpc) is 2.37. The third kappa shape index (κ3) is 3.97. The van der Waals surface area contributed by atoms with E-state index in [0.717, 1.165) is 25.4 Å². The molecule has 0 bridgehead atoms. The largest absolute Gasteiger partial charge is 0.493 e. The highest BCUT2D eigenvalue weighted by molar-refractivity contribution is 5.41. The van der Waals surface area contributed by atoms with Crippen LogP contribution in [0.15, 0.2) is 18.2 Å². The molecule has 19 heavy (non-hydrogen) atoms. The highest BCUT2D eigenvalue weighted by Gasteiger charge is 2.20. The van der Waals surface area contributed by atoms with Gasteiger partial charge in [-0.1, -0.05) is 38.5 Å². The van der Waals surface area contributed by atoms with Crippen molar-refractivity contribution in [2.45, 2.75) is 46.0 Å². The molecule has 0 unspecified atom stereocenters. The highest BCUT2D eigenvalue weighted by atomic mass is 16.5. The summed E-state index contributed by atoms with van der Waals surface area (Å²) in [5.74, 6) is 1.71. The molecular formula is C17H27NO. The minimum atomic E-state index is 0.131. The van der Waals surface area contributed by atoms with Crippen molar-refractivity contribution in [1.82, 2.24) is 5.32 Å². The molecule has 1 aromatic carbocycles. The van der Waals surface area contributed by atoms with Crippen LogP contribution in [0, 0.1) is 12.8 Å². The van der Waals surface area contributed by atoms with E-state index in [1.807, 2.05) is 0 Å². The van der Waals surface area contributed by atoms with Crippen LogP contribution in [0.25, 0.3) is 0 Å². The Bertz CT molecular complexity index is 414. The van der Waals surface area contributed by atoms with Gasteiger partial charge in [0.1, 0.15) is 5.75 Å². The van der Waals surface area contributed by atoms with Gasteiger partial charge in [-0.05, 0) is 43.4 Å². The van der Waals surface area contributed by atoms with Crippen LogP contribution < -0.4 is 10.1 Å². The zero-order valence-corrected chi connectivity index (χ0v) is 12.8. The van der Waals surface area contributed by atoms with Crippen molar-refractivity contribution in [3.05, 3.63) is 29.3 Å². The normalized spacial score (nSPS) is 20.3. The van der Waals surface area contributed by atoms with Gasteiger partial charge >= 0.3 is 0 Å². The van der Waals surface area contributed by atoms with Crippen molar-refractivity contribution in [2.75, 3.05) is 19.7 Å². The van der Waals surface area contributed by atoms with Crippen LogP contribution in [0.1, 0.15) is 44.7 Å². The topological polar surface area (TPSA) is 21.3 Å². The summed E-state index contributed by atoms with van der Waals surface area (Å²) in [4.78, 5) is 0. The van der Waals surface area contributed by atoms with E-state index in [1.54, 1.807) is 0 Å². The summed E-state index contributed by atoms with van der Waals surface area (Å²) in [6.45, 7) is 12.0. The first-order valence-corrected chi connectivity index (χ1v) is 7.41. The molecule has 106 valence electrons. The fraction of sp³-hybridized carbons (Fsp3) is 0.647. The second-order valence-electron chi connectivity index (χ2n) is 6.77. The molecule has 1 N–H and O–H groups in total. The van der Waals surface area contributed by atoms with Gasteiger partial charge in [0.15, 0.2) is 0 Å². The van der Waals surface area contributed by atoms with Crippen molar-refractivity contribution in [1.29, 1.82) is 0 Å². The minimum Gasteiger partial charge on any atom is -0.493 e. The monoisotopic (exact) mass is 261 g/mol. The molecule has 1 aliphatic heterocycles. The molecule has 1 aliphatic rings. The van der Waals surface area contributed by atoms with Crippen LogP contribution in [0.2, 0.25) is 0 Å². The van der Waals surface area contributed by atoms with Gasteiger partial charge in [-0.15, -0.1) is 0 Å². The molecular weight excluding hydrogens is 234 g/mol. The molecule has 1 fully saturated rings. The van der Waals surface area contributed by atoms with Gasteiger partial charge in [0.25, 0.3) is 0 Å². The van der Waals surface area contributed by atoms with E-state index < -0.39 is 0 Å². The summed E-state index contributed by atoms with van der Waals surface area (Å²) in [6, 6.07) is 6.53. The lowest BCUT2D eigenvalue weighted by Crippen LogP contribution is -2.33. The maximum absolute atomic E-state index is 6.12. The van der Waals surface area contributed by atoms with Gasteiger partial charge in [-0.25, -0.2) is 0 Å². The second kappa shape index (κ2) is 5.96.